The molecule has 1 aliphatic rings. The molecule has 0 N–H and O–H groups in total. The summed E-state index contributed by atoms with van der Waals surface area (Å²) in [6.45, 7) is 5.54. The molecule has 4 rings (SSSR count). The second-order valence-electron chi connectivity index (χ2n) is 6.18. The molecule has 4 heteroatoms. The van der Waals surface area contributed by atoms with E-state index < -0.39 is 0 Å². The Morgan fingerprint density at radius 2 is 2.00 bits per heavy atom. The van der Waals surface area contributed by atoms with E-state index in [4.69, 9.17) is 4.98 Å². The van der Waals surface area contributed by atoms with Gasteiger partial charge in [0.2, 0.25) is 0 Å². The quantitative estimate of drug-likeness (QED) is 0.739. The first kappa shape index (κ1) is 14.4. The normalized spacial score (nSPS) is 18.7. The van der Waals surface area contributed by atoms with Gasteiger partial charge in [-0.3, -0.25) is 4.90 Å². The van der Waals surface area contributed by atoms with Crippen molar-refractivity contribution in [3.8, 4) is 11.4 Å². The summed E-state index contributed by atoms with van der Waals surface area (Å²) in [5.74, 6) is 1.03. The predicted octanol–water partition coefficient (Wildman–Crippen LogP) is 3.58. The van der Waals surface area contributed by atoms with E-state index in [0.29, 0.717) is 6.04 Å². The molecule has 3 heterocycles. The van der Waals surface area contributed by atoms with Gasteiger partial charge in [0, 0.05) is 24.3 Å². The van der Waals surface area contributed by atoms with Crippen LogP contribution in [0.4, 0.5) is 0 Å². The van der Waals surface area contributed by atoms with E-state index in [-0.39, 0.29) is 0 Å². The number of aromatic nitrogens is 3. The van der Waals surface area contributed by atoms with Gasteiger partial charge in [0.15, 0.2) is 5.65 Å². The first-order valence-electron chi connectivity index (χ1n) is 8.47. The summed E-state index contributed by atoms with van der Waals surface area (Å²) in [5, 5.41) is 0. The second-order valence-corrected chi connectivity index (χ2v) is 6.18. The molecule has 3 aromatic rings. The van der Waals surface area contributed by atoms with Crippen LogP contribution in [0.1, 0.15) is 19.8 Å². The van der Waals surface area contributed by atoms with E-state index in [2.05, 4.69) is 51.7 Å². The van der Waals surface area contributed by atoms with Crippen LogP contribution < -0.4 is 0 Å². The van der Waals surface area contributed by atoms with Gasteiger partial charge in [-0.15, -0.1) is 0 Å². The Bertz CT molecular complexity index is 793. The van der Waals surface area contributed by atoms with Crippen LogP contribution in [0.15, 0.2) is 48.7 Å². The largest absolute Gasteiger partial charge is 0.307 e. The van der Waals surface area contributed by atoms with Crippen molar-refractivity contribution >= 4 is 11.2 Å². The van der Waals surface area contributed by atoms with E-state index >= 15 is 0 Å². The first-order chi connectivity index (χ1) is 11.4. The average Bonchev–Trinajstić information content (AvgIpc) is 3.21. The summed E-state index contributed by atoms with van der Waals surface area (Å²) >= 11 is 0. The molecule has 1 saturated heterocycles. The van der Waals surface area contributed by atoms with Crippen LogP contribution in [-0.4, -0.2) is 38.6 Å². The van der Waals surface area contributed by atoms with Crippen molar-refractivity contribution in [2.45, 2.75) is 32.4 Å². The topological polar surface area (TPSA) is 34.0 Å². The van der Waals surface area contributed by atoms with Crippen LogP contribution in [0.5, 0.6) is 0 Å². The third kappa shape index (κ3) is 2.63. The van der Waals surface area contributed by atoms with Crippen molar-refractivity contribution in [3.63, 3.8) is 0 Å². The molecule has 0 saturated carbocycles. The number of hydrogen-bond donors (Lipinski definition) is 0. The molecule has 1 fully saturated rings. The number of nitrogens with zero attached hydrogens (tertiary/aromatic N) is 4. The van der Waals surface area contributed by atoms with Crippen molar-refractivity contribution in [2.24, 2.45) is 0 Å². The van der Waals surface area contributed by atoms with Gasteiger partial charge in [0.05, 0.1) is 0 Å². The molecular weight excluding hydrogens is 284 g/mol. The molecule has 0 radical (unpaired) electrons. The van der Waals surface area contributed by atoms with Gasteiger partial charge in [-0.1, -0.05) is 37.3 Å². The summed E-state index contributed by atoms with van der Waals surface area (Å²) < 4.78 is 2.31. The SMILES string of the molecule is CCN1CCCC1Cn1c(-c2ccccc2)nc2cccnc21. The first-order valence-corrected chi connectivity index (χ1v) is 8.47. The summed E-state index contributed by atoms with van der Waals surface area (Å²) in [6, 6.07) is 15.0. The number of likely N-dealkylation sites (N-methyl/N-ethyl adjacent to an activating group) is 1. The second kappa shape index (κ2) is 6.13. The Kier molecular flexibility index (Phi) is 3.83. The Morgan fingerprint density at radius 1 is 1.13 bits per heavy atom. The molecule has 1 unspecified atom stereocenters. The van der Waals surface area contributed by atoms with Crippen LogP contribution >= 0.6 is 0 Å². The molecule has 0 amide bonds. The number of imidazole rings is 1. The lowest BCUT2D eigenvalue weighted by Crippen LogP contribution is -2.32. The van der Waals surface area contributed by atoms with Crippen molar-refractivity contribution in [1.82, 2.24) is 19.4 Å². The van der Waals surface area contributed by atoms with Gasteiger partial charge in [0.1, 0.15) is 11.3 Å². The highest BCUT2D eigenvalue weighted by atomic mass is 15.2. The van der Waals surface area contributed by atoms with Gasteiger partial charge in [-0.05, 0) is 38.1 Å². The maximum atomic E-state index is 4.86. The molecule has 23 heavy (non-hydrogen) atoms. The summed E-state index contributed by atoms with van der Waals surface area (Å²) in [4.78, 5) is 12.0. The summed E-state index contributed by atoms with van der Waals surface area (Å²) in [5.41, 5.74) is 3.13. The molecule has 1 aromatic carbocycles. The molecule has 0 spiro atoms. The van der Waals surface area contributed by atoms with Crippen LogP contribution in [0.2, 0.25) is 0 Å². The minimum atomic E-state index is 0.585. The lowest BCUT2D eigenvalue weighted by Gasteiger charge is -2.24. The minimum absolute atomic E-state index is 0.585. The highest BCUT2D eigenvalue weighted by Crippen LogP contribution is 2.26. The van der Waals surface area contributed by atoms with Gasteiger partial charge in [0.25, 0.3) is 0 Å². The Balaban J connectivity index is 1.80. The lowest BCUT2D eigenvalue weighted by atomic mass is 10.2. The fourth-order valence-corrected chi connectivity index (χ4v) is 3.67. The minimum Gasteiger partial charge on any atom is -0.307 e. The van der Waals surface area contributed by atoms with Gasteiger partial charge >= 0.3 is 0 Å². The zero-order valence-corrected chi connectivity index (χ0v) is 13.5. The molecule has 1 atom stereocenters. The molecule has 0 aliphatic carbocycles. The van der Waals surface area contributed by atoms with E-state index in [1.165, 1.54) is 19.4 Å². The third-order valence-electron chi connectivity index (χ3n) is 4.83. The lowest BCUT2D eigenvalue weighted by molar-refractivity contribution is 0.246. The zero-order chi connectivity index (χ0) is 15.6. The van der Waals surface area contributed by atoms with E-state index in [1.807, 2.05) is 18.3 Å². The van der Waals surface area contributed by atoms with Crippen LogP contribution in [-0.2, 0) is 6.54 Å². The number of benzene rings is 1. The predicted molar refractivity (Wildman–Crippen MR) is 93.2 cm³/mol. The molecule has 1 aliphatic heterocycles. The number of fused-ring (bicyclic) bond motifs is 1. The fraction of sp³-hybridized carbons (Fsp3) is 0.368. The van der Waals surface area contributed by atoms with Gasteiger partial charge in [-0.25, -0.2) is 9.97 Å². The van der Waals surface area contributed by atoms with E-state index in [1.54, 1.807) is 0 Å². The Morgan fingerprint density at radius 3 is 2.83 bits per heavy atom. The monoisotopic (exact) mass is 306 g/mol. The molecule has 4 nitrogen and oxygen atoms in total. The average molecular weight is 306 g/mol. The number of hydrogen-bond acceptors (Lipinski definition) is 3. The number of pyridine rings is 1. The van der Waals surface area contributed by atoms with E-state index in [0.717, 1.165) is 35.6 Å². The van der Waals surface area contributed by atoms with Crippen LogP contribution in [0, 0.1) is 0 Å². The molecular formula is C19H22N4. The maximum absolute atomic E-state index is 4.86. The van der Waals surface area contributed by atoms with Gasteiger partial charge < -0.3 is 4.57 Å². The number of likely N-dealkylation sites (tertiary alicyclic amines) is 1. The Hall–Kier alpha value is -2.20. The summed E-state index contributed by atoms with van der Waals surface area (Å²) in [7, 11) is 0. The van der Waals surface area contributed by atoms with Crippen LogP contribution in [0.25, 0.3) is 22.6 Å². The molecule has 0 bridgehead atoms. The van der Waals surface area contributed by atoms with Gasteiger partial charge in [-0.2, -0.15) is 0 Å². The molecule has 118 valence electrons. The smallest absolute Gasteiger partial charge is 0.160 e. The maximum Gasteiger partial charge on any atom is 0.160 e. The Labute approximate surface area is 136 Å². The van der Waals surface area contributed by atoms with Crippen molar-refractivity contribution in [1.29, 1.82) is 0 Å². The third-order valence-corrected chi connectivity index (χ3v) is 4.83. The van der Waals surface area contributed by atoms with Crippen molar-refractivity contribution in [3.05, 3.63) is 48.7 Å². The number of rotatable bonds is 4. The fourth-order valence-electron chi connectivity index (χ4n) is 3.67. The van der Waals surface area contributed by atoms with E-state index in [9.17, 15) is 0 Å². The highest BCUT2D eigenvalue weighted by molar-refractivity contribution is 5.77. The highest BCUT2D eigenvalue weighted by Gasteiger charge is 2.25. The zero-order valence-electron chi connectivity index (χ0n) is 13.5. The van der Waals surface area contributed by atoms with Crippen molar-refractivity contribution in [2.75, 3.05) is 13.1 Å². The van der Waals surface area contributed by atoms with Crippen molar-refractivity contribution < 1.29 is 0 Å². The standard InChI is InChI=1S/C19H22N4/c1-2-22-13-7-10-16(22)14-23-18(15-8-4-3-5-9-15)21-17-11-6-12-20-19(17)23/h3-6,8-9,11-12,16H,2,7,10,13-14H2,1H3. The summed E-state index contributed by atoms with van der Waals surface area (Å²) in [6.07, 6.45) is 4.41. The molecule has 2 aromatic heterocycles. The van der Waals surface area contributed by atoms with Crippen LogP contribution in [0.3, 0.4) is 0 Å².